The maximum absolute atomic E-state index is 6.58. The third-order valence-corrected chi connectivity index (χ3v) is 7.07. The first kappa shape index (κ1) is 23.1. The molecule has 1 saturated heterocycles. The number of thiocarbonyl (C=S) groups is 1. The molecule has 3 heterocycles. The van der Waals surface area contributed by atoms with Crippen molar-refractivity contribution < 1.29 is 4.74 Å². The van der Waals surface area contributed by atoms with Crippen LogP contribution in [0.3, 0.4) is 0 Å². The number of aromatic nitrogens is 2. The standard InChI is InChI=1S/C24H26Cl2N4OS/c1-15-14-17(16(2)30(15)20-10-6-8-18(25)21(20)26)23-22(19-9-4-5-11-27-19)28-24(32)29(23)12-7-13-31-3/h4-6,8-11,14,22-23H,7,12-13H2,1-3H3,(H,28,32)/t22-,23-/m0/s1. The van der Waals surface area contributed by atoms with Crippen molar-refractivity contribution in [1.29, 1.82) is 0 Å². The lowest BCUT2D eigenvalue weighted by Crippen LogP contribution is -2.31. The van der Waals surface area contributed by atoms with Gasteiger partial charge >= 0.3 is 0 Å². The van der Waals surface area contributed by atoms with Gasteiger partial charge in [-0.05, 0) is 68.4 Å². The molecule has 32 heavy (non-hydrogen) atoms. The van der Waals surface area contributed by atoms with Crippen molar-refractivity contribution in [3.05, 3.63) is 81.4 Å². The van der Waals surface area contributed by atoms with Crippen LogP contribution in [0.4, 0.5) is 0 Å². The predicted octanol–water partition coefficient (Wildman–Crippen LogP) is 5.80. The molecule has 168 valence electrons. The average molecular weight is 489 g/mol. The van der Waals surface area contributed by atoms with E-state index in [0.29, 0.717) is 16.7 Å². The molecular weight excluding hydrogens is 463 g/mol. The minimum absolute atomic E-state index is 0.00725. The Morgan fingerprint density at radius 2 is 1.97 bits per heavy atom. The summed E-state index contributed by atoms with van der Waals surface area (Å²) in [7, 11) is 1.72. The Morgan fingerprint density at radius 3 is 2.69 bits per heavy atom. The Hall–Kier alpha value is -2.12. The van der Waals surface area contributed by atoms with E-state index in [1.54, 1.807) is 13.2 Å². The van der Waals surface area contributed by atoms with E-state index in [9.17, 15) is 0 Å². The minimum Gasteiger partial charge on any atom is -0.385 e. The molecule has 0 spiro atoms. The molecular formula is C24H26Cl2N4OS. The van der Waals surface area contributed by atoms with Crippen LogP contribution in [0.5, 0.6) is 0 Å². The number of hydrogen-bond donors (Lipinski definition) is 1. The summed E-state index contributed by atoms with van der Waals surface area (Å²) >= 11 is 18.7. The Balaban J connectivity index is 1.82. The molecule has 0 amide bonds. The maximum Gasteiger partial charge on any atom is 0.170 e. The molecule has 1 aliphatic rings. The molecule has 1 N–H and O–H groups in total. The third kappa shape index (κ3) is 4.25. The summed E-state index contributed by atoms with van der Waals surface area (Å²) in [5, 5.41) is 5.32. The van der Waals surface area contributed by atoms with Crippen LogP contribution in [-0.2, 0) is 4.74 Å². The normalized spacial score (nSPS) is 18.3. The molecule has 3 aromatic rings. The van der Waals surface area contributed by atoms with E-state index in [1.807, 2.05) is 36.5 Å². The van der Waals surface area contributed by atoms with Crippen LogP contribution in [0.2, 0.25) is 10.0 Å². The third-order valence-electron chi connectivity index (χ3n) is 5.91. The zero-order chi connectivity index (χ0) is 22.8. The van der Waals surface area contributed by atoms with Crippen molar-refractivity contribution in [2.75, 3.05) is 20.3 Å². The molecule has 8 heteroatoms. The summed E-state index contributed by atoms with van der Waals surface area (Å²) in [6, 6.07) is 13.8. The molecule has 0 saturated carbocycles. The second-order valence-electron chi connectivity index (χ2n) is 7.90. The number of benzene rings is 1. The zero-order valence-corrected chi connectivity index (χ0v) is 20.6. The fourth-order valence-corrected chi connectivity index (χ4v) is 5.20. The lowest BCUT2D eigenvalue weighted by molar-refractivity contribution is 0.180. The Labute approximate surface area is 204 Å². The quantitative estimate of drug-likeness (QED) is 0.335. The van der Waals surface area contributed by atoms with Gasteiger partial charge in [-0.1, -0.05) is 35.3 Å². The van der Waals surface area contributed by atoms with Crippen LogP contribution in [0.1, 0.15) is 41.1 Å². The Bertz CT molecular complexity index is 1120. The summed E-state index contributed by atoms with van der Waals surface area (Å²) < 4.78 is 7.44. The van der Waals surface area contributed by atoms with Crippen LogP contribution >= 0.6 is 35.4 Å². The molecule has 1 aromatic carbocycles. The number of ether oxygens (including phenoxy) is 1. The highest BCUT2D eigenvalue weighted by Crippen LogP contribution is 2.42. The topological polar surface area (TPSA) is 42.3 Å². The van der Waals surface area contributed by atoms with Gasteiger partial charge < -0.3 is 19.5 Å². The van der Waals surface area contributed by atoms with Gasteiger partial charge in [0.15, 0.2) is 5.11 Å². The lowest BCUT2D eigenvalue weighted by Gasteiger charge is -2.28. The summed E-state index contributed by atoms with van der Waals surface area (Å²) in [6.45, 7) is 5.66. The van der Waals surface area contributed by atoms with E-state index >= 15 is 0 Å². The first-order valence-electron chi connectivity index (χ1n) is 10.5. The summed E-state index contributed by atoms with van der Waals surface area (Å²) in [4.78, 5) is 6.88. The van der Waals surface area contributed by atoms with Crippen molar-refractivity contribution in [2.24, 2.45) is 0 Å². The van der Waals surface area contributed by atoms with Gasteiger partial charge in [0.25, 0.3) is 0 Å². The molecule has 0 bridgehead atoms. The number of nitrogens with one attached hydrogen (secondary N) is 1. The first-order chi connectivity index (χ1) is 15.4. The Kier molecular flexibility index (Phi) is 7.05. The van der Waals surface area contributed by atoms with Crippen molar-refractivity contribution in [2.45, 2.75) is 32.4 Å². The highest BCUT2D eigenvalue weighted by Gasteiger charge is 2.41. The highest BCUT2D eigenvalue weighted by molar-refractivity contribution is 7.80. The maximum atomic E-state index is 6.58. The van der Waals surface area contributed by atoms with Crippen molar-refractivity contribution in [1.82, 2.24) is 19.8 Å². The van der Waals surface area contributed by atoms with E-state index in [4.69, 9.17) is 40.2 Å². The fourth-order valence-electron chi connectivity index (χ4n) is 4.49. The lowest BCUT2D eigenvalue weighted by atomic mass is 9.96. The van der Waals surface area contributed by atoms with Gasteiger partial charge in [-0.25, -0.2) is 0 Å². The molecule has 1 aliphatic heterocycles. The van der Waals surface area contributed by atoms with E-state index in [0.717, 1.165) is 40.8 Å². The van der Waals surface area contributed by atoms with E-state index < -0.39 is 0 Å². The smallest absolute Gasteiger partial charge is 0.170 e. The van der Waals surface area contributed by atoms with Gasteiger partial charge in [0.1, 0.15) is 0 Å². The van der Waals surface area contributed by atoms with Gasteiger partial charge in [0, 0.05) is 37.8 Å². The van der Waals surface area contributed by atoms with Gasteiger partial charge in [0.05, 0.1) is 33.5 Å². The second-order valence-corrected chi connectivity index (χ2v) is 9.07. The zero-order valence-electron chi connectivity index (χ0n) is 18.3. The van der Waals surface area contributed by atoms with Crippen molar-refractivity contribution in [3.63, 3.8) is 0 Å². The number of rotatable bonds is 7. The van der Waals surface area contributed by atoms with Crippen molar-refractivity contribution >= 4 is 40.5 Å². The number of nitrogens with zero attached hydrogens (tertiary/aromatic N) is 3. The predicted molar refractivity (Wildman–Crippen MR) is 134 cm³/mol. The summed E-state index contributed by atoms with van der Waals surface area (Å²) in [6.07, 6.45) is 2.70. The first-order valence-corrected chi connectivity index (χ1v) is 11.7. The van der Waals surface area contributed by atoms with Gasteiger partial charge in [0.2, 0.25) is 0 Å². The number of methoxy groups -OCH3 is 1. The molecule has 0 aliphatic carbocycles. The highest BCUT2D eigenvalue weighted by atomic mass is 35.5. The van der Waals surface area contributed by atoms with Gasteiger partial charge in [-0.2, -0.15) is 0 Å². The molecule has 0 radical (unpaired) electrons. The van der Waals surface area contributed by atoms with Gasteiger partial charge in [-0.15, -0.1) is 0 Å². The second kappa shape index (κ2) is 9.79. The average Bonchev–Trinajstić information content (AvgIpc) is 3.26. The number of halogens is 2. The molecule has 2 atom stereocenters. The number of hydrogen-bond acceptors (Lipinski definition) is 3. The van der Waals surface area contributed by atoms with Crippen LogP contribution in [0.15, 0.2) is 48.7 Å². The van der Waals surface area contributed by atoms with Crippen molar-refractivity contribution in [3.8, 4) is 5.69 Å². The Morgan fingerprint density at radius 1 is 1.16 bits per heavy atom. The fraction of sp³-hybridized carbons (Fsp3) is 0.333. The number of aryl methyl sites for hydroxylation is 1. The summed E-state index contributed by atoms with van der Waals surface area (Å²) in [5.74, 6) is 0. The van der Waals surface area contributed by atoms with Crippen LogP contribution in [0.25, 0.3) is 5.69 Å². The van der Waals surface area contributed by atoms with Crippen LogP contribution in [0, 0.1) is 13.8 Å². The van der Waals surface area contributed by atoms with E-state index in [1.165, 1.54) is 5.56 Å². The van der Waals surface area contributed by atoms with Crippen LogP contribution < -0.4 is 5.32 Å². The molecule has 4 rings (SSSR count). The largest absolute Gasteiger partial charge is 0.385 e. The summed E-state index contributed by atoms with van der Waals surface area (Å²) in [5.41, 5.74) is 5.19. The van der Waals surface area contributed by atoms with Crippen LogP contribution in [-0.4, -0.2) is 39.8 Å². The molecule has 0 unspecified atom stereocenters. The minimum atomic E-state index is -0.0602. The van der Waals surface area contributed by atoms with E-state index in [2.05, 4.69) is 39.7 Å². The molecule has 2 aromatic heterocycles. The SMILES string of the molecule is COCCCN1C(=S)N[C@@H](c2ccccn2)[C@@H]1c1cc(C)n(-c2cccc(Cl)c2Cl)c1C. The van der Waals surface area contributed by atoms with E-state index in [-0.39, 0.29) is 12.1 Å². The molecule has 5 nitrogen and oxygen atoms in total. The van der Waals surface area contributed by atoms with Gasteiger partial charge in [-0.3, -0.25) is 4.98 Å². The number of pyridine rings is 1. The molecule has 1 fully saturated rings. The monoisotopic (exact) mass is 488 g/mol.